The number of nitrogens with two attached hydrogens (primary N) is 1. The molecule has 2 aromatic heterocycles. The molecule has 0 bridgehead atoms. The normalized spacial score (nSPS) is 12.3. The van der Waals surface area contributed by atoms with Crippen LogP contribution in [0.1, 0.15) is 49.8 Å². The molecule has 11 nitrogen and oxygen atoms in total. The van der Waals surface area contributed by atoms with Crippen molar-refractivity contribution in [2.24, 2.45) is 5.92 Å². The zero-order chi connectivity index (χ0) is 29.9. The quantitative estimate of drug-likeness (QED) is 0.280. The van der Waals surface area contributed by atoms with E-state index < -0.39 is 28.7 Å². The van der Waals surface area contributed by atoms with Crippen molar-refractivity contribution in [3.63, 3.8) is 0 Å². The van der Waals surface area contributed by atoms with Crippen molar-refractivity contribution in [3.8, 4) is 11.3 Å². The lowest BCUT2D eigenvalue weighted by molar-refractivity contribution is -0.122. The molecule has 0 saturated heterocycles. The number of anilines is 2. The van der Waals surface area contributed by atoms with E-state index in [9.17, 15) is 14.4 Å². The maximum absolute atomic E-state index is 13.5. The Labute approximate surface area is 238 Å². The Hall–Kier alpha value is -4.80. The first-order chi connectivity index (χ1) is 19.4. The number of aromatic nitrogens is 4. The van der Waals surface area contributed by atoms with E-state index in [4.69, 9.17) is 10.2 Å². The first-order valence-corrected chi connectivity index (χ1v) is 13.3. The standard InChI is InChI=1S/C30H35N7O4/c1-18(2)24(33-23(38)17-37-22(16-32-26(31)28(37)40)19-10-8-7-9-11-19)25(39)27-34-35-29(41-27)30(3,4)20-12-14-21(15-13-20)36(5)6/h7-16,18,24H,17H2,1-6H3,(H2,31,32)(H,33,38)/t24-/m1/s1. The molecule has 3 N–H and O–H groups in total. The number of ketones is 1. The molecule has 0 unspecified atom stereocenters. The number of nitrogens with zero attached hydrogens (tertiary/aromatic N) is 5. The van der Waals surface area contributed by atoms with Crippen molar-refractivity contribution in [3.05, 3.63) is 88.5 Å². The first-order valence-electron chi connectivity index (χ1n) is 13.3. The van der Waals surface area contributed by atoms with Crippen LogP contribution in [0.4, 0.5) is 11.5 Å². The summed E-state index contributed by atoms with van der Waals surface area (Å²) in [6.45, 7) is 7.09. The number of carbonyl (C=O) groups excluding carboxylic acids is 2. The molecule has 214 valence electrons. The number of Topliss-reactive ketones (excluding diaryl/α,β-unsaturated/α-hetero) is 1. The summed E-state index contributed by atoms with van der Waals surface area (Å²) in [6, 6.07) is 16.1. The zero-order valence-electron chi connectivity index (χ0n) is 24.1. The molecule has 0 aliphatic rings. The van der Waals surface area contributed by atoms with Gasteiger partial charge in [-0.15, -0.1) is 10.2 Å². The third-order valence-corrected chi connectivity index (χ3v) is 6.99. The molecule has 0 spiro atoms. The molecule has 4 rings (SSSR count). The maximum atomic E-state index is 13.5. The van der Waals surface area contributed by atoms with E-state index in [0.717, 1.165) is 11.3 Å². The Kier molecular flexibility index (Phi) is 8.36. The van der Waals surface area contributed by atoms with Crippen LogP contribution in [0, 0.1) is 5.92 Å². The van der Waals surface area contributed by atoms with Gasteiger partial charge in [-0.1, -0.05) is 56.3 Å². The number of amides is 1. The molecule has 1 atom stereocenters. The van der Waals surface area contributed by atoms with E-state index in [1.165, 1.54) is 10.8 Å². The number of benzene rings is 2. The van der Waals surface area contributed by atoms with Crippen LogP contribution in [0.5, 0.6) is 0 Å². The largest absolute Gasteiger partial charge is 0.417 e. The van der Waals surface area contributed by atoms with E-state index in [2.05, 4.69) is 20.5 Å². The summed E-state index contributed by atoms with van der Waals surface area (Å²) in [6.07, 6.45) is 1.44. The maximum Gasteiger partial charge on any atom is 0.294 e. The minimum absolute atomic E-state index is 0.202. The summed E-state index contributed by atoms with van der Waals surface area (Å²) < 4.78 is 7.11. The van der Waals surface area contributed by atoms with Crippen molar-refractivity contribution < 1.29 is 14.0 Å². The van der Waals surface area contributed by atoms with Gasteiger partial charge in [0.25, 0.3) is 11.4 Å². The van der Waals surface area contributed by atoms with Crippen LogP contribution in [0.2, 0.25) is 0 Å². The van der Waals surface area contributed by atoms with Gasteiger partial charge in [0.1, 0.15) is 6.54 Å². The van der Waals surface area contributed by atoms with Gasteiger partial charge in [-0.05, 0) is 43.0 Å². The van der Waals surface area contributed by atoms with E-state index in [-0.39, 0.29) is 30.1 Å². The minimum atomic E-state index is -0.964. The van der Waals surface area contributed by atoms with Crippen molar-refractivity contribution in [2.45, 2.75) is 45.7 Å². The van der Waals surface area contributed by atoms with Crippen LogP contribution in [-0.4, -0.2) is 51.6 Å². The zero-order valence-corrected chi connectivity index (χ0v) is 24.1. The summed E-state index contributed by atoms with van der Waals surface area (Å²) in [5.41, 5.74) is 7.60. The topological polar surface area (TPSA) is 149 Å². The average Bonchev–Trinajstić information content (AvgIpc) is 3.46. The van der Waals surface area contributed by atoms with Gasteiger partial charge in [0.05, 0.1) is 23.3 Å². The third-order valence-electron chi connectivity index (χ3n) is 6.99. The second kappa shape index (κ2) is 11.7. The van der Waals surface area contributed by atoms with Crippen LogP contribution in [0.3, 0.4) is 0 Å². The third kappa shape index (κ3) is 6.19. The molecular formula is C30H35N7O4. The summed E-state index contributed by atoms with van der Waals surface area (Å²) in [5, 5.41) is 10.9. The molecular weight excluding hydrogens is 522 g/mol. The fourth-order valence-corrected chi connectivity index (χ4v) is 4.41. The molecule has 1 amide bonds. The number of nitrogens with one attached hydrogen (secondary N) is 1. The highest BCUT2D eigenvalue weighted by atomic mass is 16.4. The minimum Gasteiger partial charge on any atom is -0.417 e. The predicted molar refractivity (Wildman–Crippen MR) is 157 cm³/mol. The summed E-state index contributed by atoms with van der Waals surface area (Å²) in [4.78, 5) is 45.4. The Morgan fingerprint density at radius 2 is 1.71 bits per heavy atom. The summed E-state index contributed by atoms with van der Waals surface area (Å²) in [7, 11) is 3.93. The average molecular weight is 558 g/mol. The molecule has 0 radical (unpaired) electrons. The summed E-state index contributed by atoms with van der Waals surface area (Å²) in [5.74, 6) is -1.53. The van der Waals surface area contributed by atoms with E-state index in [1.807, 2.05) is 75.3 Å². The Morgan fingerprint density at radius 3 is 2.32 bits per heavy atom. The van der Waals surface area contributed by atoms with Gasteiger partial charge in [0.15, 0.2) is 5.82 Å². The second-order valence-corrected chi connectivity index (χ2v) is 10.9. The Morgan fingerprint density at radius 1 is 1.05 bits per heavy atom. The molecule has 0 saturated carbocycles. The van der Waals surface area contributed by atoms with Gasteiger partial charge >= 0.3 is 0 Å². The van der Waals surface area contributed by atoms with Gasteiger partial charge in [-0.3, -0.25) is 19.0 Å². The number of hydrogen-bond donors (Lipinski definition) is 2. The molecule has 0 aliphatic heterocycles. The number of carbonyl (C=O) groups is 2. The smallest absolute Gasteiger partial charge is 0.294 e. The van der Waals surface area contributed by atoms with E-state index in [0.29, 0.717) is 11.3 Å². The fourth-order valence-electron chi connectivity index (χ4n) is 4.41. The Balaban J connectivity index is 1.55. The highest BCUT2D eigenvalue weighted by Gasteiger charge is 2.34. The summed E-state index contributed by atoms with van der Waals surface area (Å²) >= 11 is 0. The van der Waals surface area contributed by atoms with Crippen LogP contribution in [-0.2, 0) is 16.8 Å². The SMILES string of the molecule is CC(C)[C@@H](NC(=O)Cn1c(-c2ccccc2)cnc(N)c1=O)C(=O)c1nnc(C(C)(C)c2ccc(N(C)C)cc2)o1. The molecule has 0 aliphatic carbocycles. The van der Waals surface area contributed by atoms with Crippen LogP contribution >= 0.6 is 0 Å². The lowest BCUT2D eigenvalue weighted by Gasteiger charge is -2.22. The second-order valence-electron chi connectivity index (χ2n) is 10.9. The highest BCUT2D eigenvalue weighted by Crippen LogP contribution is 2.32. The first kappa shape index (κ1) is 29.2. The highest BCUT2D eigenvalue weighted by molar-refractivity contribution is 5.98. The molecule has 0 fully saturated rings. The van der Waals surface area contributed by atoms with Crippen LogP contribution in [0.15, 0.2) is 70.0 Å². The van der Waals surface area contributed by atoms with Crippen molar-refractivity contribution in [1.29, 1.82) is 0 Å². The predicted octanol–water partition coefficient (Wildman–Crippen LogP) is 3.29. The molecule has 4 aromatic rings. The lowest BCUT2D eigenvalue weighted by Crippen LogP contribution is -2.46. The van der Waals surface area contributed by atoms with Crippen LogP contribution < -0.4 is 21.5 Å². The molecule has 11 heteroatoms. The number of nitrogen functional groups attached to an aromatic ring is 1. The molecule has 2 aromatic carbocycles. The van der Waals surface area contributed by atoms with Gasteiger partial charge in [-0.25, -0.2) is 4.98 Å². The van der Waals surface area contributed by atoms with Crippen molar-refractivity contribution in [1.82, 2.24) is 25.1 Å². The Bertz CT molecular complexity index is 1590. The molecule has 2 heterocycles. The number of rotatable bonds is 10. The van der Waals surface area contributed by atoms with Crippen LogP contribution in [0.25, 0.3) is 11.3 Å². The van der Waals surface area contributed by atoms with Gasteiger partial charge in [-0.2, -0.15) is 0 Å². The van der Waals surface area contributed by atoms with Gasteiger partial charge in [0.2, 0.25) is 17.6 Å². The van der Waals surface area contributed by atoms with E-state index >= 15 is 0 Å². The van der Waals surface area contributed by atoms with Crippen molar-refractivity contribution in [2.75, 3.05) is 24.7 Å². The van der Waals surface area contributed by atoms with Gasteiger partial charge < -0.3 is 20.4 Å². The van der Waals surface area contributed by atoms with Crippen molar-refractivity contribution >= 4 is 23.2 Å². The van der Waals surface area contributed by atoms with E-state index in [1.54, 1.807) is 26.0 Å². The lowest BCUT2D eigenvalue weighted by atomic mass is 9.84. The fraction of sp³-hybridized carbons (Fsp3) is 0.333. The van der Waals surface area contributed by atoms with Gasteiger partial charge in [0, 0.05) is 19.8 Å². The monoisotopic (exact) mass is 557 g/mol. The molecule has 41 heavy (non-hydrogen) atoms. The number of hydrogen-bond acceptors (Lipinski definition) is 9.